The van der Waals surface area contributed by atoms with E-state index in [0.29, 0.717) is 5.56 Å². The van der Waals surface area contributed by atoms with Crippen LogP contribution in [0.2, 0.25) is 0 Å². The van der Waals surface area contributed by atoms with E-state index in [1.54, 1.807) is 0 Å². The molecule has 0 heterocycles. The number of oxime groups is 1. The Bertz CT molecular complexity index is 410. The van der Waals surface area contributed by atoms with E-state index < -0.39 is 0 Å². The minimum Gasteiger partial charge on any atom is -0.409 e. The second kappa shape index (κ2) is 4.73. The van der Waals surface area contributed by atoms with Crippen LogP contribution >= 0.6 is 0 Å². The predicted octanol–water partition coefficient (Wildman–Crippen LogP) is 0.396. The summed E-state index contributed by atoms with van der Waals surface area (Å²) in [6.07, 6.45) is 2.07. The number of benzene rings is 1. The highest BCUT2D eigenvalue weighted by atomic mass is 16.4. The Kier molecular flexibility index (Phi) is 3.31. The third-order valence-corrected chi connectivity index (χ3v) is 3.18. The van der Waals surface area contributed by atoms with Crippen LogP contribution < -0.4 is 11.1 Å². The Morgan fingerprint density at radius 1 is 1.35 bits per heavy atom. The van der Waals surface area contributed by atoms with Crippen molar-refractivity contribution in [3.8, 4) is 0 Å². The van der Waals surface area contributed by atoms with E-state index >= 15 is 0 Å². The van der Waals surface area contributed by atoms with Crippen molar-refractivity contribution in [1.29, 1.82) is 0 Å². The van der Waals surface area contributed by atoms with Gasteiger partial charge in [-0.15, -0.1) is 0 Å². The van der Waals surface area contributed by atoms with E-state index in [4.69, 9.17) is 16.0 Å². The summed E-state index contributed by atoms with van der Waals surface area (Å²) in [5.74, 6) is 0.110. The molecule has 0 saturated heterocycles. The molecule has 5 nitrogen and oxygen atoms in total. The van der Waals surface area contributed by atoms with Gasteiger partial charge in [0.05, 0.1) is 6.61 Å². The molecule has 1 aliphatic carbocycles. The summed E-state index contributed by atoms with van der Waals surface area (Å²) < 4.78 is 0. The van der Waals surface area contributed by atoms with E-state index in [-0.39, 0.29) is 18.0 Å². The Hall–Kier alpha value is -1.59. The third-order valence-electron chi connectivity index (χ3n) is 3.18. The van der Waals surface area contributed by atoms with Crippen molar-refractivity contribution in [1.82, 2.24) is 5.32 Å². The van der Waals surface area contributed by atoms with Crippen LogP contribution in [-0.4, -0.2) is 28.3 Å². The molecule has 1 saturated carbocycles. The molecule has 0 bridgehead atoms. The van der Waals surface area contributed by atoms with Gasteiger partial charge in [-0.2, -0.15) is 0 Å². The fourth-order valence-corrected chi connectivity index (χ4v) is 1.68. The Morgan fingerprint density at radius 2 is 2.00 bits per heavy atom. The minimum absolute atomic E-state index is 0.0513. The van der Waals surface area contributed by atoms with Crippen molar-refractivity contribution in [3.63, 3.8) is 0 Å². The van der Waals surface area contributed by atoms with Crippen LogP contribution in [0.15, 0.2) is 29.4 Å². The molecule has 1 aromatic carbocycles. The lowest BCUT2D eigenvalue weighted by atomic mass is 10.1. The SMILES string of the molecule is N/C(=N/O)c1ccc(CNC2(CO)CC2)cc1. The van der Waals surface area contributed by atoms with Crippen LogP contribution in [0.1, 0.15) is 24.0 Å². The maximum absolute atomic E-state index is 9.16. The van der Waals surface area contributed by atoms with Crippen molar-refractivity contribution in [2.75, 3.05) is 6.61 Å². The van der Waals surface area contributed by atoms with Gasteiger partial charge < -0.3 is 21.4 Å². The van der Waals surface area contributed by atoms with Gasteiger partial charge in [-0.05, 0) is 18.4 Å². The molecule has 1 aromatic rings. The molecular formula is C12H17N3O2. The fourth-order valence-electron chi connectivity index (χ4n) is 1.68. The first-order valence-corrected chi connectivity index (χ1v) is 5.62. The van der Waals surface area contributed by atoms with E-state index in [1.165, 1.54) is 0 Å². The van der Waals surface area contributed by atoms with Gasteiger partial charge in [-0.3, -0.25) is 0 Å². The molecule has 0 unspecified atom stereocenters. The highest BCUT2D eigenvalue weighted by molar-refractivity contribution is 5.96. The van der Waals surface area contributed by atoms with Crippen molar-refractivity contribution < 1.29 is 10.3 Å². The Morgan fingerprint density at radius 3 is 2.47 bits per heavy atom. The predicted molar refractivity (Wildman–Crippen MR) is 64.8 cm³/mol. The summed E-state index contributed by atoms with van der Waals surface area (Å²) >= 11 is 0. The highest BCUT2D eigenvalue weighted by Gasteiger charge is 2.41. The maximum Gasteiger partial charge on any atom is 0.170 e. The smallest absolute Gasteiger partial charge is 0.170 e. The summed E-state index contributed by atoms with van der Waals surface area (Å²) in [5.41, 5.74) is 7.22. The van der Waals surface area contributed by atoms with E-state index in [2.05, 4.69) is 10.5 Å². The third kappa shape index (κ3) is 2.75. The average molecular weight is 235 g/mol. The molecule has 92 valence electrons. The monoisotopic (exact) mass is 235 g/mol. The van der Waals surface area contributed by atoms with E-state index in [1.807, 2.05) is 24.3 Å². The summed E-state index contributed by atoms with van der Waals surface area (Å²) in [6, 6.07) is 7.47. The molecule has 0 amide bonds. The zero-order valence-corrected chi connectivity index (χ0v) is 9.56. The van der Waals surface area contributed by atoms with Gasteiger partial charge in [0.25, 0.3) is 0 Å². The van der Waals surface area contributed by atoms with Crippen molar-refractivity contribution in [3.05, 3.63) is 35.4 Å². The topological polar surface area (TPSA) is 90.9 Å². The van der Waals surface area contributed by atoms with Crippen LogP contribution in [0.4, 0.5) is 0 Å². The number of rotatable bonds is 5. The first-order chi connectivity index (χ1) is 8.19. The van der Waals surface area contributed by atoms with Crippen LogP contribution in [0.3, 0.4) is 0 Å². The number of nitrogens with two attached hydrogens (primary N) is 1. The molecular weight excluding hydrogens is 218 g/mol. The standard InChI is InChI=1S/C12H17N3O2/c13-11(15-17)10-3-1-9(2-4-10)7-14-12(8-16)5-6-12/h1-4,14,16-17H,5-8H2,(H2,13,15). The molecule has 5 heteroatoms. The molecule has 17 heavy (non-hydrogen) atoms. The number of aliphatic hydroxyl groups is 1. The molecule has 1 fully saturated rings. The van der Waals surface area contributed by atoms with Crippen molar-refractivity contribution in [2.24, 2.45) is 10.9 Å². The van der Waals surface area contributed by atoms with E-state index in [9.17, 15) is 0 Å². The fraction of sp³-hybridized carbons (Fsp3) is 0.417. The Balaban J connectivity index is 1.94. The van der Waals surface area contributed by atoms with Gasteiger partial charge in [0.15, 0.2) is 5.84 Å². The second-order valence-corrected chi connectivity index (χ2v) is 4.47. The summed E-state index contributed by atoms with van der Waals surface area (Å²) in [7, 11) is 0. The number of hydrogen-bond acceptors (Lipinski definition) is 4. The lowest BCUT2D eigenvalue weighted by Gasteiger charge is -2.14. The first-order valence-electron chi connectivity index (χ1n) is 5.62. The Labute approximate surface area is 99.9 Å². The minimum atomic E-state index is -0.0513. The van der Waals surface area contributed by atoms with Crippen LogP contribution in [0, 0.1) is 0 Å². The number of nitrogens with one attached hydrogen (secondary N) is 1. The summed E-state index contributed by atoms with van der Waals surface area (Å²) in [6.45, 7) is 0.909. The van der Waals surface area contributed by atoms with Gasteiger partial charge in [-0.25, -0.2) is 0 Å². The molecule has 0 radical (unpaired) electrons. The van der Waals surface area contributed by atoms with Crippen molar-refractivity contribution in [2.45, 2.75) is 24.9 Å². The number of amidine groups is 1. The molecule has 0 aliphatic heterocycles. The van der Waals surface area contributed by atoms with Crippen LogP contribution in [0.25, 0.3) is 0 Å². The van der Waals surface area contributed by atoms with Gasteiger partial charge in [-0.1, -0.05) is 29.4 Å². The van der Waals surface area contributed by atoms with Gasteiger partial charge in [0, 0.05) is 17.6 Å². The quantitative estimate of drug-likeness (QED) is 0.257. The summed E-state index contributed by atoms with van der Waals surface area (Å²) in [5, 5.41) is 24.0. The molecule has 0 spiro atoms. The molecule has 0 aromatic heterocycles. The lowest BCUT2D eigenvalue weighted by molar-refractivity contribution is 0.229. The molecule has 2 rings (SSSR count). The first kappa shape index (κ1) is 11.9. The van der Waals surface area contributed by atoms with Gasteiger partial charge in [0.2, 0.25) is 0 Å². The van der Waals surface area contributed by atoms with Gasteiger partial charge in [0.1, 0.15) is 0 Å². The van der Waals surface area contributed by atoms with Crippen LogP contribution in [-0.2, 0) is 6.54 Å². The van der Waals surface area contributed by atoms with Gasteiger partial charge >= 0.3 is 0 Å². The molecule has 1 aliphatic rings. The molecule has 0 atom stereocenters. The average Bonchev–Trinajstić information content (AvgIpc) is 3.17. The van der Waals surface area contributed by atoms with Crippen LogP contribution in [0.5, 0.6) is 0 Å². The lowest BCUT2D eigenvalue weighted by Crippen LogP contribution is -2.34. The highest BCUT2D eigenvalue weighted by Crippen LogP contribution is 2.34. The number of aliphatic hydroxyl groups excluding tert-OH is 1. The molecule has 5 N–H and O–H groups in total. The number of hydrogen-bond donors (Lipinski definition) is 4. The normalized spacial score (nSPS) is 18.1. The number of nitrogens with zero attached hydrogens (tertiary/aromatic N) is 1. The summed E-state index contributed by atoms with van der Waals surface area (Å²) in [4.78, 5) is 0. The largest absolute Gasteiger partial charge is 0.409 e. The maximum atomic E-state index is 9.16. The zero-order chi connectivity index (χ0) is 12.3. The second-order valence-electron chi connectivity index (χ2n) is 4.47. The van der Waals surface area contributed by atoms with Crippen molar-refractivity contribution >= 4 is 5.84 Å². The zero-order valence-electron chi connectivity index (χ0n) is 9.56. The van der Waals surface area contributed by atoms with E-state index in [0.717, 1.165) is 24.9 Å².